The summed E-state index contributed by atoms with van der Waals surface area (Å²) in [6, 6.07) is 17.2. The van der Waals surface area contributed by atoms with Crippen LogP contribution < -0.4 is 14.8 Å². The second-order valence-corrected chi connectivity index (χ2v) is 8.84. The van der Waals surface area contributed by atoms with Crippen LogP contribution in [-0.4, -0.2) is 27.3 Å². The number of sulfonamides is 1. The molecule has 0 saturated carbocycles. The third-order valence-corrected chi connectivity index (χ3v) is 6.41. The molecule has 0 aliphatic heterocycles. The zero-order chi connectivity index (χ0) is 22.2. The minimum Gasteiger partial charge on any atom is -0.495 e. The summed E-state index contributed by atoms with van der Waals surface area (Å²) in [6.07, 6.45) is 0.777. The summed E-state index contributed by atoms with van der Waals surface area (Å²) in [7, 11) is -2.93. The molecule has 2 N–H and O–H groups in total. The number of nitrogens with one attached hydrogen (secondary N) is 2. The lowest BCUT2D eigenvalue weighted by Crippen LogP contribution is -2.31. The molecule has 0 fully saturated rings. The van der Waals surface area contributed by atoms with Crippen LogP contribution in [0.25, 0.3) is 11.1 Å². The molecule has 0 aromatic heterocycles. The molecule has 1 aliphatic carbocycles. The lowest BCUT2D eigenvalue weighted by molar-refractivity contribution is -0.114. The molecule has 0 spiro atoms. The molecule has 0 heterocycles. The molecule has 7 nitrogen and oxygen atoms in total. The first-order chi connectivity index (χ1) is 14.8. The Morgan fingerprint density at radius 1 is 0.935 bits per heavy atom. The van der Waals surface area contributed by atoms with Gasteiger partial charge in [0.1, 0.15) is 10.6 Å². The van der Waals surface area contributed by atoms with Gasteiger partial charge in [0.25, 0.3) is 15.9 Å². The number of rotatable bonds is 5. The molecule has 2 amide bonds. The first-order valence-electron chi connectivity index (χ1n) is 9.52. The van der Waals surface area contributed by atoms with Gasteiger partial charge in [-0.1, -0.05) is 30.3 Å². The van der Waals surface area contributed by atoms with Crippen molar-refractivity contribution in [1.29, 1.82) is 0 Å². The molecule has 8 heteroatoms. The van der Waals surface area contributed by atoms with Gasteiger partial charge in [-0.05, 0) is 59.0 Å². The summed E-state index contributed by atoms with van der Waals surface area (Å²) >= 11 is 0. The number of hydrogen-bond acceptors (Lipinski definition) is 5. The highest BCUT2D eigenvalue weighted by Gasteiger charge is 2.25. The zero-order valence-electron chi connectivity index (χ0n) is 16.9. The minimum absolute atomic E-state index is 0.0530. The smallest absolute Gasteiger partial charge is 0.268 e. The van der Waals surface area contributed by atoms with Gasteiger partial charge in [0.2, 0.25) is 5.91 Å². The maximum absolute atomic E-state index is 12.9. The number of amides is 2. The average molecular weight is 436 g/mol. The summed E-state index contributed by atoms with van der Waals surface area (Å²) in [5.41, 5.74) is 4.73. The van der Waals surface area contributed by atoms with E-state index >= 15 is 0 Å². The normalized spacial score (nSPS) is 11.9. The van der Waals surface area contributed by atoms with E-state index in [0.29, 0.717) is 0 Å². The molecular formula is C23H20N2O5S. The first-order valence-corrected chi connectivity index (χ1v) is 11.0. The van der Waals surface area contributed by atoms with Crippen molar-refractivity contribution in [2.75, 3.05) is 12.4 Å². The topological polar surface area (TPSA) is 102 Å². The molecule has 3 aromatic carbocycles. The average Bonchev–Trinajstić information content (AvgIpc) is 3.11. The maximum atomic E-state index is 12.9. The van der Waals surface area contributed by atoms with Crippen molar-refractivity contribution < 1.29 is 22.7 Å². The van der Waals surface area contributed by atoms with Gasteiger partial charge in [-0.15, -0.1) is 0 Å². The Hall–Kier alpha value is -3.65. The maximum Gasteiger partial charge on any atom is 0.268 e. The minimum atomic E-state index is -4.26. The Balaban J connectivity index is 1.64. The van der Waals surface area contributed by atoms with Crippen LogP contribution in [0.1, 0.15) is 28.4 Å². The Bertz CT molecular complexity index is 1320. The predicted molar refractivity (Wildman–Crippen MR) is 117 cm³/mol. The fraction of sp³-hybridized carbons (Fsp3) is 0.130. The molecular weight excluding hydrogens is 416 g/mol. The summed E-state index contributed by atoms with van der Waals surface area (Å²) < 4.78 is 33.1. The fourth-order valence-electron chi connectivity index (χ4n) is 3.67. The summed E-state index contributed by atoms with van der Waals surface area (Å²) in [5.74, 6) is -1.05. The van der Waals surface area contributed by atoms with Crippen LogP contribution >= 0.6 is 0 Å². The van der Waals surface area contributed by atoms with E-state index in [0.717, 1.165) is 23.1 Å². The second-order valence-electron chi connectivity index (χ2n) is 7.19. The zero-order valence-corrected chi connectivity index (χ0v) is 17.7. The lowest BCUT2D eigenvalue weighted by Gasteiger charge is -2.13. The first kappa shape index (κ1) is 20.6. The van der Waals surface area contributed by atoms with Crippen molar-refractivity contribution in [3.05, 3.63) is 77.4 Å². The number of benzene rings is 3. The van der Waals surface area contributed by atoms with E-state index in [4.69, 9.17) is 4.74 Å². The van der Waals surface area contributed by atoms with Crippen molar-refractivity contribution in [2.24, 2.45) is 0 Å². The van der Waals surface area contributed by atoms with Crippen LogP contribution in [-0.2, 0) is 21.2 Å². The highest BCUT2D eigenvalue weighted by atomic mass is 32.2. The number of hydrogen-bond donors (Lipinski definition) is 2. The number of anilines is 1. The Kier molecular flexibility index (Phi) is 5.24. The predicted octanol–water partition coefficient (Wildman–Crippen LogP) is 3.34. The molecule has 158 valence electrons. The van der Waals surface area contributed by atoms with Gasteiger partial charge in [-0.3, -0.25) is 9.59 Å². The highest BCUT2D eigenvalue weighted by molar-refractivity contribution is 7.90. The second kappa shape index (κ2) is 7.88. The van der Waals surface area contributed by atoms with Crippen LogP contribution in [0.2, 0.25) is 0 Å². The Morgan fingerprint density at radius 2 is 1.68 bits per heavy atom. The van der Waals surface area contributed by atoms with Crippen LogP contribution in [0.4, 0.5) is 5.69 Å². The fourth-order valence-corrected chi connectivity index (χ4v) is 4.84. The number of fused-ring (bicyclic) bond motifs is 3. The summed E-state index contributed by atoms with van der Waals surface area (Å²) in [5, 5.41) is 2.52. The largest absolute Gasteiger partial charge is 0.495 e. The van der Waals surface area contributed by atoms with Crippen LogP contribution in [0, 0.1) is 0 Å². The summed E-state index contributed by atoms with van der Waals surface area (Å²) in [6.45, 7) is 1.31. The standard InChI is InChI=1S/C23H20N2O5S/c1-14(26)24-18-9-10-21(30-2)22(13-18)31(28,29)25-23(27)17-8-7-16-11-15-5-3-4-6-19(15)20(16)12-17/h3-10,12-13H,11H2,1-2H3,(H,24,26)(H,25,27). The number of ether oxygens (including phenoxy) is 1. The molecule has 0 unspecified atom stereocenters. The van der Waals surface area contributed by atoms with E-state index in [9.17, 15) is 18.0 Å². The van der Waals surface area contributed by atoms with Crippen molar-refractivity contribution in [3.8, 4) is 16.9 Å². The van der Waals surface area contributed by atoms with E-state index in [1.165, 1.54) is 37.8 Å². The third-order valence-electron chi connectivity index (χ3n) is 5.06. The van der Waals surface area contributed by atoms with E-state index in [1.54, 1.807) is 12.1 Å². The van der Waals surface area contributed by atoms with Gasteiger partial charge in [0.05, 0.1) is 7.11 Å². The van der Waals surface area contributed by atoms with Crippen molar-refractivity contribution in [1.82, 2.24) is 4.72 Å². The number of carbonyl (C=O) groups is 2. The van der Waals surface area contributed by atoms with Gasteiger partial charge in [0, 0.05) is 18.2 Å². The number of carbonyl (C=O) groups excluding carboxylic acids is 2. The van der Waals surface area contributed by atoms with Crippen LogP contribution in [0.15, 0.2) is 65.6 Å². The van der Waals surface area contributed by atoms with Crippen molar-refractivity contribution >= 4 is 27.5 Å². The van der Waals surface area contributed by atoms with E-state index in [2.05, 4.69) is 10.0 Å². The van der Waals surface area contributed by atoms with Crippen molar-refractivity contribution in [2.45, 2.75) is 18.2 Å². The molecule has 1 aliphatic rings. The Morgan fingerprint density at radius 3 is 2.42 bits per heavy atom. The molecule has 0 saturated heterocycles. The molecule has 3 aromatic rings. The van der Waals surface area contributed by atoms with Gasteiger partial charge in [-0.25, -0.2) is 13.1 Å². The third kappa shape index (κ3) is 4.02. The van der Waals surface area contributed by atoms with Gasteiger partial charge >= 0.3 is 0 Å². The van der Waals surface area contributed by atoms with Gasteiger partial charge in [-0.2, -0.15) is 0 Å². The van der Waals surface area contributed by atoms with E-state index in [1.807, 2.05) is 30.3 Å². The highest BCUT2D eigenvalue weighted by Crippen LogP contribution is 2.37. The quantitative estimate of drug-likeness (QED) is 0.500. The van der Waals surface area contributed by atoms with Crippen LogP contribution in [0.5, 0.6) is 5.75 Å². The van der Waals surface area contributed by atoms with Crippen LogP contribution in [0.3, 0.4) is 0 Å². The van der Waals surface area contributed by atoms with Gasteiger partial charge < -0.3 is 10.1 Å². The van der Waals surface area contributed by atoms with E-state index in [-0.39, 0.29) is 27.8 Å². The summed E-state index contributed by atoms with van der Waals surface area (Å²) in [4.78, 5) is 23.9. The molecule has 0 atom stereocenters. The SMILES string of the molecule is COc1ccc(NC(C)=O)cc1S(=O)(=O)NC(=O)c1ccc2c(c1)-c1ccccc1C2. The lowest BCUT2D eigenvalue weighted by atomic mass is 10.0. The van der Waals surface area contributed by atoms with Gasteiger partial charge in [0.15, 0.2) is 0 Å². The molecule has 0 radical (unpaired) electrons. The Labute approximate surface area is 180 Å². The molecule has 31 heavy (non-hydrogen) atoms. The van der Waals surface area contributed by atoms with E-state index < -0.39 is 15.9 Å². The molecule has 0 bridgehead atoms. The number of methoxy groups -OCH3 is 1. The van der Waals surface area contributed by atoms with Crippen molar-refractivity contribution in [3.63, 3.8) is 0 Å². The monoisotopic (exact) mass is 436 g/mol. The molecule has 4 rings (SSSR count).